The van der Waals surface area contributed by atoms with Crippen molar-refractivity contribution in [1.29, 1.82) is 0 Å². The van der Waals surface area contributed by atoms with Crippen LogP contribution in [0.4, 0.5) is 4.39 Å². The molecule has 0 aromatic heterocycles. The number of sulfonamides is 1. The number of nitrogens with zero attached hydrogens (tertiary/aromatic N) is 1. The van der Waals surface area contributed by atoms with Crippen LogP contribution in [0.3, 0.4) is 0 Å². The fourth-order valence-electron chi connectivity index (χ4n) is 1.52. The van der Waals surface area contributed by atoms with Crippen LogP contribution in [0, 0.1) is 5.82 Å². The molecular weight excluding hydrogens is 309 g/mol. The largest absolute Gasteiger partial charge is 0.245 e. The molecule has 0 radical (unpaired) electrons. The zero-order valence-electron chi connectivity index (χ0n) is 9.78. The van der Waals surface area contributed by atoms with Crippen molar-refractivity contribution in [1.82, 2.24) is 4.31 Å². The monoisotopic (exact) mass is 323 g/mol. The number of hydrogen-bond acceptors (Lipinski definition) is 2. The Balaban J connectivity index is 3.20. The number of halogens is 2. The van der Waals surface area contributed by atoms with Gasteiger partial charge in [-0.2, -0.15) is 4.31 Å². The third-order valence-corrected chi connectivity index (χ3v) is 4.84. The van der Waals surface area contributed by atoms with E-state index in [0.717, 1.165) is 6.07 Å². The Bertz CT molecular complexity index is 490. The first-order valence-corrected chi connectivity index (χ1v) is 7.62. The maximum absolute atomic E-state index is 13.6. The molecule has 0 N–H and O–H groups in total. The van der Waals surface area contributed by atoms with Crippen LogP contribution >= 0.6 is 15.9 Å². The van der Waals surface area contributed by atoms with Crippen molar-refractivity contribution < 1.29 is 12.8 Å². The van der Waals surface area contributed by atoms with E-state index in [0.29, 0.717) is 24.0 Å². The molecule has 96 valence electrons. The minimum atomic E-state index is -3.72. The Morgan fingerprint density at radius 1 is 1.35 bits per heavy atom. The molecule has 17 heavy (non-hydrogen) atoms. The van der Waals surface area contributed by atoms with Gasteiger partial charge in [-0.1, -0.05) is 29.8 Å². The fraction of sp³-hybridized carbons (Fsp3) is 0.455. The predicted molar refractivity (Wildman–Crippen MR) is 68.8 cm³/mol. The van der Waals surface area contributed by atoms with Gasteiger partial charge in [-0.25, -0.2) is 12.8 Å². The molecule has 0 amide bonds. The smallest absolute Gasteiger partial charge is 0.207 e. The van der Waals surface area contributed by atoms with E-state index in [4.69, 9.17) is 0 Å². The van der Waals surface area contributed by atoms with E-state index in [2.05, 4.69) is 15.9 Å². The lowest BCUT2D eigenvalue weighted by Gasteiger charge is -2.20. The van der Waals surface area contributed by atoms with E-state index in [1.54, 1.807) is 6.92 Å². The Hall–Kier alpha value is -0.460. The van der Waals surface area contributed by atoms with E-state index < -0.39 is 15.8 Å². The van der Waals surface area contributed by atoms with Crippen LogP contribution in [0.25, 0.3) is 0 Å². The number of benzene rings is 1. The normalized spacial score (nSPS) is 12.1. The van der Waals surface area contributed by atoms with Crippen LogP contribution in [0.15, 0.2) is 27.6 Å². The summed E-state index contributed by atoms with van der Waals surface area (Å²) in [4.78, 5) is -0.268. The van der Waals surface area contributed by atoms with Gasteiger partial charge in [0.15, 0.2) is 0 Å². The molecule has 0 bridgehead atoms. The summed E-state index contributed by atoms with van der Waals surface area (Å²) in [6.07, 6.45) is 0.700. The van der Waals surface area contributed by atoms with E-state index in [-0.39, 0.29) is 4.90 Å². The highest BCUT2D eigenvalue weighted by atomic mass is 79.9. The summed E-state index contributed by atoms with van der Waals surface area (Å²) >= 11 is 3.10. The number of hydrogen-bond donors (Lipinski definition) is 0. The molecule has 0 fully saturated rings. The van der Waals surface area contributed by atoms with Crippen molar-refractivity contribution in [3.8, 4) is 0 Å². The second-order valence-corrected chi connectivity index (χ2v) is 6.39. The molecule has 0 spiro atoms. The van der Waals surface area contributed by atoms with E-state index >= 15 is 0 Å². The molecule has 0 aliphatic heterocycles. The second kappa shape index (κ2) is 5.93. The molecular formula is C11H15BrFNO2S. The molecule has 0 aliphatic carbocycles. The van der Waals surface area contributed by atoms with E-state index in [1.165, 1.54) is 16.4 Å². The summed E-state index contributed by atoms with van der Waals surface area (Å²) in [6, 6.07) is 3.97. The van der Waals surface area contributed by atoms with Gasteiger partial charge >= 0.3 is 0 Å². The summed E-state index contributed by atoms with van der Waals surface area (Å²) in [7, 11) is -3.72. The average molecular weight is 324 g/mol. The first-order chi connectivity index (χ1) is 7.93. The standard InChI is InChI=1S/C11H15BrFNO2S/c1-3-7-14(4-2)17(15,16)11-6-5-9(12)8-10(11)13/h5-6,8H,3-4,7H2,1-2H3. The SMILES string of the molecule is CCCN(CC)S(=O)(=O)c1ccc(Br)cc1F. The van der Waals surface area contributed by atoms with E-state index in [9.17, 15) is 12.8 Å². The molecule has 1 rings (SSSR count). The highest BCUT2D eigenvalue weighted by molar-refractivity contribution is 9.10. The van der Waals surface area contributed by atoms with Crippen molar-refractivity contribution >= 4 is 26.0 Å². The van der Waals surface area contributed by atoms with Gasteiger partial charge in [0, 0.05) is 17.6 Å². The van der Waals surface area contributed by atoms with Gasteiger partial charge in [-0.3, -0.25) is 0 Å². The van der Waals surface area contributed by atoms with Gasteiger partial charge < -0.3 is 0 Å². The molecule has 0 unspecified atom stereocenters. The third-order valence-electron chi connectivity index (χ3n) is 2.34. The van der Waals surface area contributed by atoms with Crippen molar-refractivity contribution in [2.24, 2.45) is 0 Å². The second-order valence-electron chi connectivity index (χ2n) is 3.57. The molecule has 0 saturated carbocycles. The summed E-state index contributed by atoms with van der Waals surface area (Å²) < 4.78 is 39.8. The van der Waals surface area contributed by atoms with Crippen molar-refractivity contribution in [3.05, 3.63) is 28.5 Å². The Labute approximate surface area is 110 Å². The minimum absolute atomic E-state index is 0.268. The molecule has 0 saturated heterocycles. The molecule has 3 nitrogen and oxygen atoms in total. The Morgan fingerprint density at radius 3 is 2.47 bits per heavy atom. The maximum Gasteiger partial charge on any atom is 0.245 e. The first-order valence-electron chi connectivity index (χ1n) is 5.38. The van der Waals surface area contributed by atoms with Crippen molar-refractivity contribution in [2.45, 2.75) is 25.2 Å². The maximum atomic E-state index is 13.6. The summed E-state index contributed by atoms with van der Waals surface area (Å²) in [6.45, 7) is 4.36. The lowest BCUT2D eigenvalue weighted by Crippen LogP contribution is -2.32. The van der Waals surface area contributed by atoms with Crippen LogP contribution in [0.2, 0.25) is 0 Å². The minimum Gasteiger partial charge on any atom is -0.207 e. The number of rotatable bonds is 5. The predicted octanol–water partition coefficient (Wildman–Crippen LogP) is 3.01. The molecule has 0 aliphatic rings. The van der Waals surface area contributed by atoms with Gasteiger partial charge in [0.1, 0.15) is 10.7 Å². The van der Waals surface area contributed by atoms with Crippen molar-refractivity contribution in [3.63, 3.8) is 0 Å². The average Bonchev–Trinajstić information content (AvgIpc) is 2.24. The third kappa shape index (κ3) is 3.26. The quantitative estimate of drug-likeness (QED) is 0.835. The zero-order chi connectivity index (χ0) is 13.1. The first kappa shape index (κ1) is 14.6. The molecule has 1 aromatic carbocycles. The van der Waals surface area contributed by atoms with Crippen molar-refractivity contribution in [2.75, 3.05) is 13.1 Å². The van der Waals surface area contributed by atoms with Gasteiger partial charge in [0.2, 0.25) is 10.0 Å². The molecule has 6 heteroatoms. The van der Waals surface area contributed by atoms with Gasteiger partial charge in [-0.05, 0) is 24.6 Å². The Morgan fingerprint density at radius 2 is 2.00 bits per heavy atom. The molecule has 0 heterocycles. The lowest BCUT2D eigenvalue weighted by atomic mass is 10.3. The Kier molecular flexibility index (Phi) is 5.09. The van der Waals surface area contributed by atoms with Crippen LogP contribution < -0.4 is 0 Å². The van der Waals surface area contributed by atoms with Crippen LogP contribution in [-0.2, 0) is 10.0 Å². The highest BCUT2D eigenvalue weighted by Gasteiger charge is 2.25. The van der Waals surface area contributed by atoms with Gasteiger partial charge in [0.25, 0.3) is 0 Å². The van der Waals surface area contributed by atoms with Crippen LogP contribution in [0.5, 0.6) is 0 Å². The summed E-state index contributed by atoms with van der Waals surface area (Å²) in [5.41, 5.74) is 0. The van der Waals surface area contributed by atoms with Crippen LogP contribution in [-0.4, -0.2) is 25.8 Å². The topological polar surface area (TPSA) is 37.4 Å². The zero-order valence-corrected chi connectivity index (χ0v) is 12.2. The fourth-order valence-corrected chi connectivity index (χ4v) is 3.44. The lowest BCUT2D eigenvalue weighted by molar-refractivity contribution is 0.423. The summed E-state index contributed by atoms with van der Waals surface area (Å²) in [5, 5.41) is 0. The van der Waals surface area contributed by atoms with Crippen LogP contribution in [0.1, 0.15) is 20.3 Å². The van der Waals surface area contributed by atoms with E-state index in [1.807, 2.05) is 6.92 Å². The van der Waals surface area contributed by atoms with Gasteiger partial charge in [-0.15, -0.1) is 0 Å². The highest BCUT2D eigenvalue weighted by Crippen LogP contribution is 2.22. The van der Waals surface area contributed by atoms with Gasteiger partial charge in [0.05, 0.1) is 0 Å². The summed E-state index contributed by atoms with van der Waals surface area (Å²) in [5.74, 6) is -0.728. The molecule has 1 aromatic rings. The molecule has 0 atom stereocenters.